The number of aryl methyl sites for hydroxylation is 2. The van der Waals surface area contributed by atoms with E-state index in [1.54, 1.807) is 0 Å². The van der Waals surface area contributed by atoms with Gasteiger partial charge in [0.25, 0.3) is 0 Å². The number of rotatable bonds is 7. The van der Waals surface area contributed by atoms with Crippen molar-refractivity contribution >= 4 is 0 Å². The summed E-state index contributed by atoms with van der Waals surface area (Å²) in [6, 6.07) is 11.7. The van der Waals surface area contributed by atoms with Gasteiger partial charge in [0.05, 0.1) is 6.07 Å². The summed E-state index contributed by atoms with van der Waals surface area (Å²) in [6.45, 7) is 2.26. The Morgan fingerprint density at radius 2 is 1.57 bits per heavy atom. The maximum Gasteiger partial charge on any atom is 0.0655 e. The molecule has 1 saturated carbocycles. The van der Waals surface area contributed by atoms with E-state index in [1.165, 1.54) is 62.5 Å². The van der Waals surface area contributed by atoms with Crippen molar-refractivity contribution in [2.75, 3.05) is 0 Å². The molecule has 0 atom stereocenters. The van der Waals surface area contributed by atoms with Gasteiger partial charge in [-0.05, 0) is 68.4 Å². The van der Waals surface area contributed by atoms with Crippen molar-refractivity contribution in [2.45, 2.75) is 71.1 Å². The van der Waals surface area contributed by atoms with E-state index in [2.05, 4.69) is 37.3 Å². The first-order valence-corrected chi connectivity index (χ1v) is 8.79. The Morgan fingerprint density at radius 3 is 2.14 bits per heavy atom. The fraction of sp³-hybridized carbons (Fsp3) is 0.650. The summed E-state index contributed by atoms with van der Waals surface area (Å²) in [5.41, 5.74) is 2.97. The van der Waals surface area contributed by atoms with E-state index in [0.29, 0.717) is 5.92 Å². The minimum atomic E-state index is 0.337. The summed E-state index contributed by atoms with van der Waals surface area (Å²) in [6.07, 6.45) is 12.4. The van der Waals surface area contributed by atoms with Crippen molar-refractivity contribution in [1.29, 1.82) is 5.26 Å². The molecule has 0 bridgehead atoms. The minimum Gasteiger partial charge on any atom is -0.198 e. The molecule has 0 aromatic heterocycles. The third kappa shape index (κ3) is 5.54. The van der Waals surface area contributed by atoms with Crippen molar-refractivity contribution < 1.29 is 0 Å². The lowest BCUT2D eigenvalue weighted by molar-refractivity contribution is 0.300. The summed E-state index contributed by atoms with van der Waals surface area (Å²) >= 11 is 0. The Labute approximate surface area is 130 Å². The fourth-order valence-electron chi connectivity index (χ4n) is 3.40. The molecular weight excluding hydrogens is 254 g/mol. The number of nitrogens with zero attached hydrogens (tertiary/aromatic N) is 1. The van der Waals surface area contributed by atoms with Crippen LogP contribution in [0.2, 0.25) is 0 Å². The molecule has 0 N–H and O–H groups in total. The highest BCUT2D eigenvalue weighted by molar-refractivity contribution is 5.22. The number of nitriles is 1. The molecule has 0 heterocycles. The summed E-state index contributed by atoms with van der Waals surface area (Å²) in [4.78, 5) is 0. The van der Waals surface area contributed by atoms with Gasteiger partial charge >= 0.3 is 0 Å². The highest BCUT2D eigenvalue weighted by atomic mass is 14.3. The minimum absolute atomic E-state index is 0.337. The monoisotopic (exact) mass is 283 g/mol. The summed E-state index contributed by atoms with van der Waals surface area (Å²) < 4.78 is 0. The molecule has 0 saturated heterocycles. The van der Waals surface area contributed by atoms with Crippen LogP contribution < -0.4 is 0 Å². The van der Waals surface area contributed by atoms with E-state index in [4.69, 9.17) is 5.26 Å². The van der Waals surface area contributed by atoms with Crippen LogP contribution in [0, 0.1) is 23.2 Å². The highest BCUT2D eigenvalue weighted by Gasteiger charge is 2.20. The van der Waals surface area contributed by atoms with Crippen LogP contribution in [-0.4, -0.2) is 0 Å². The number of hydrogen-bond donors (Lipinski definition) is 0. The molecule has 21 heavy (non-hydrogen) atoms. The van der Waals surface area contributed by atoms with E-state index in [-0.39, 0.29) is 0 Å². The van der Waals surface area contributed by atoms with Gasteiger partial charge in [-0.25, -0.2) is 0 Å². The molecular formula is C20H29N. The molecule has 0 amide bonds. The molecule has 2 rings (SSSR count). The molecule has 1 aliphatic rings. The predicted octanol–water partition coefficient (Wildman–Crippen LogP) is 5.68. The molecule has 1 aromatic carbocycles. The molecule has 1 heteroatoms. The second-order valence-corrected chi connectivity index (χ2v) is 6.66. The Bertz CT molecular complexity index is 432. The molecule has 114 valence electrons. The van der Waals surface area contributed by atoms with Crippen molar-refractivity contribution in [1.82, 2.24) is 0 Å². The zero-order valence-electron chi connectivity index (χ0n) is 13.5. The highest BCUT2D eigenvalue weighted by Crippen LogP contribution is 2.31. The van der Waals surface area contributed by atoms with Gasteiger partial charge in [-0.15, -0.1) is 0 Å². The zero-order valence-corrected chi connectivity index (χ0v) is 13.5. The number of hydrogen-bond acceptors (Lipinski definition) is 1. The predicted molar refractivity (Wildman–Crippen MR) is 89.1 cm³/mol. The molecule has 1 aromatic rings. The second-order valence-electron chi connectivity index (χ2n) is 6.66. The summed E-state index contributed by atoms with van der Waals surface area (Å²) in [5.74, 6) is 1.18. The van der Waals surface area contributed by atoms with Crippen molar-refractivity contribution in [3.8, 4) is 6.07 Å². The Kier molecular flexibility index (Phi) is 6.80. The van der Waals surface area contributed by atoms with Crippen LogP contribution in [0.4, 0.5) is 0 Å². The van der Waals surface area contributed by atoms with Crippen LogP contribution in [0.1, 0.15) is 69.4 Å². The maximum atomic E-state index is 8.94. The molecule has 1 nitrogen and oxygen atoms in total. The largest absolute Gasteiger partial charge is 0.198 e. The van der Waals surface area contributed by atoms with Crippen LogP contribution in [0.25, 0.3) is 0 Å². The Hall–Kier alpha value is -1.29. The molecule has 1 fully saturated rings. The third-order valence-corrected chi connectivity index (χ3v) is 4.96. The second kappa shape index (κ2) is 8.88. The van der Waals surface area contributed by atoms with E-state index in [9.17, 15) is 0 Å². The van der Waals surface area contributed by atoms with Crippen molar-refractivity contribution in [3.05, 3.63) is 35.4 Å². The van der Waals surface area contributed by atoms with E-state index in [0.717, 1.165) is 18.8 Å². The molecule has 0 aliphatic heterocycles. The van der Waals surface area contributed by atoms with Gasteiger partial charge in [-0.2, -0.15) is 5.26 Å². The maximum absolute atomic E-state index is 8.94. The van der Waals surface area contributed by atoms with Crippen molar-refractivity contribution in [3.63, 3.8) is 0 Å². The molecule has 0 unspecified atom stereocenters. The number of benzene rings is 1. The lowest BCUT2D eigenvalue weighted by atomic mass is 9.80. The molecule has 0 spiro atoms. The van der Waals surface area contributed by atoms with Crippen LogP contribution >= 0.6 is 0 Å². The van der Waals surface area contributed by atoms with E-state index in [1.807, 2.05) is 0 Å². The lowest BCUT2D eigenvalue weighted by Crippen LogP contribution is -2.13. The van der Waals surface area contributed by atoms with Gasteiger partial charge in [-0.1, -0.05) is 44.0 Å². The lowest BCUT2D eigenvalue weighted by Gasteiger charge is -2.24. The van der Waals surface area contributed by atoms with Crippen LogP contribution in [-0.2, 0) is 12.8 Å². The first-order chi connectivity index (χ1) is 10.3. The summed E-state index contributed by atoms with van der Waals surface area (Å²) in [7, 11) is 0. The van der Waals surface area contributed by atoms with Gasteiger partial charge in [0.2, 0.25) is 0 Å². The fourth-order valence-corrected chi connectivity index (χ4v) is 3.40. The first kappa shape index (κ1) is 16.1. The van der Waals surface area contributed by atoms with E-state index >= 15 is 0 Å². The van der Waals surface area contributed by atoms with Gasteiger partial charge < -0.3 is 0 Å². The van der Waals surface area contributed by atoms with Gasteiger partial charge in [0, 0.05) is 5.92 Å². The van der Waals surface area contributed by atoms with Gasteiger partial charge in [0.15, 0.2) is 0 Å². The van der Waals surface area contributed by atoms with Crippen molar-refractivity contribution in [2.24, 2.45) is 11.8 Å². The molecule has 0 radical (unpaired) electrons. The average Bonchev–Trinajstić information content (AvgIpc) is 2.55. The van der Waals surface area contributed by atoms with Gasteiger partial charge in [-0.3, -0.25) is 0 Å². The topological polar surface area (TPSA) is 23.8 Å². The SMILES string of the molecule is CCCCCc1ccc(CC[C@H]2CC[C@H](C#N)CC2)cc1. The zero-order chi connectivity index (χ0) is 14.9. The normalized spacial score (nSPS) is 21.9. The number of unbranched alkanes of at least 4 members (excludes halogenated alkanes) is 2. The quantitative estimate of drug-likeness (QED) is 0.590. The average molecular weight is 283 g/mol. The van der Waals surface area contributed by atoms with E-state index < -0.39 is 0 Å². The third-order valence-electron chi connectivity index (χ3n) is 4.96. The van der Waals surface area contributed by atoms with Crippen LogP contribution in [0.5, 0.6) is 0 Å². The smallest absolute Gasteiger partial charge is 0.0655 e. The molecule has 1 aliphatic carbocycles. The van der Waals surface area contributed by atoms with Crippen LogP contribution in [0.3, 0.4) is 0 Å². The Morgan fingerprint density at radius 1 is 0.952 bits per heavy atom. The van der Waals surface area contributed by atoms with Crippen LogP contribution in [0.15, 0.2) is 24.3 Å². The Balaban J connectivity index is 1.70. The summed E-state index contributed by atoms with van der Waals surface area (Å²) in [5, 5.41) is 8.94. The standard InChI is InChI=1S/C20H29N/c1-2-3-4-5-17-6-8-18(9-7-17)10-11-19-12-14-20(16-21)15-13-19/h6-9,19-20H,2-5,10-15H2,1H3/t19-,20-. The van der Waals surface area contributed by atoms with Gasteiger partial charge in [0.1, 0.15) is 0 Å². The first-order valence-electron chi connectivity index (χ1n) is 8.79.